The molecule has 0 radical (unpaired) electrons. The Bertz CT molecular complexity index is 621. The van der Waals surface area contributed by atoms with Crippen LogP contribution in [0.1, 0.15) is 42.0 Å². The summed E-state index contributed by atoms with van der Waals surface area (Å²) in [5, 5.41) is 0.662. The van der Waals surface area contributed by atoms with Crippen LogP contribution in [-0.4, -0.2) is 9.82 Å². The van der Waals surface area contributed by atoms with Crippen LogP contribution in [0.5, 0.6) is 0 Å². The van der Waals surface area contributed by atoms with E-state index in [0.717, 1.165) is 13.0 Å². The van der Waals surface area contributed by atoms with Gasteiger partial charge in [0.05, 0.1) is 0 Å². The van der Waals surface area contributed by atoms with E-state index in [-0.39, 0.29) is 6.04 Å². The summed E-state index contributed by atoms with van der Waals surface area (Å²) in [5.41, 5.74) is 10.7. The van der Waals surface area contributed by atoms with Crippen LogP contribution in [0.3, 0.4) is 0 Å². The number of rotatable bonds is 2. The van der Waals surface area contributed by atoms with Crippen LogP contribution < -0.4 is 5.73 Å². The zero-order valence-corrected chi connectivity index (χ0v) is 13.1. The molecule has 0 amide bonds. The van der Waals surface area contributed by atoms with E-state index in [1.54, 1.807) is 0 Å². The third-order valence-electron chi connectivity index (χ3n) is 4.74. The Balaban J connectivity index is 1.51. The first-order valence-corrected chi connectivity index (χ1v) is 8.86. The van der Waals surface area contributed by atoms with Crippen molar-refractivity contribution < 1.29 is 0 Å². The first kappa shape index (κ1) is 13.5. The normalized spacial score (nSPS) is 24.4. The predicted molar refractivity (Wildman–Crippen MR) is 88.7 cm³/mol. The molecule has 0 saturated carbocycles. The second-order valence-electron chi connectivity index (χ2n) is 6.34. The van der Waals surface area contributed by atoms with Gasteiger partial charge in [0, 0.05) is 35.1 Å². The molecule has 2 unspecified atom stereocenters. The van der Waals surface area contributed by atoms with Crippen molar-refractivity contribution in [1.29, 1.82) is 0 Å². The summed E-state index contributed by atoms with van der Waals surface area (Å²) in [6, 6.07) is 9.06. The van der Waals surface area contributed by atoms with E-state index in [4.69, 9.17) is 5.73 Å². The fourth-order valence-corrected chi connectivity index (χ4v) is 4.98. The number of aryl methyl sites for hydroxylation is 1. The van der Waals surface area contributed by atoms with E-state index in [0.29, 0.717) is 5.25 Å². The van der Waals surface area contributed by atoms with Gasteiger partial charge in [-0.3, -0.25) is 0 Å². The zero-order valence-electron chi connectivity index (χ0n) is 12.3. The lowest BCUT2D eigenvalue weighted by molar-refractivity contribution is 0.603. The van der Waals surface area contributed by atoms with Crippen LogP contribution in [-0.2, 0) is 19.4 Å². The van der Waals surface area contributed by atoms with Gasteiger partial charge in [0.2, 0.25) is 0 Å². The molecule has 3 heteroatoms. The first-order valence-electron chi connectivity index (χ1n) is 7.98. The molecular weight excluding hydrogens is 276 g/mol. The van der Waals surface area contributed by atoms with Gasteiger partial charge in [0.15, 0.2) is 0 Å². The van der Waals surface area contributed by atoms with Crippen LogP contribution in [0, 0.1) is 0 Å². The van der Waals surface area contributed by atoms with E-state index in [2.05, 4.69) is 41.2 Å². The summed E-state index contributed by atoms with van der Waals surface area (Å²) in [7, 11) is 0. The van der Waals surface area contributed by atoms with Crippen molar-refractivity contribution in [3.63, 3.8) is 0 Å². The van der Waals surface area contributed by atoms with Gasteiger partial charge in [-0.15, -0.1) is 11.8 Å². The zero-order chi connectivity index (χ0) is 14.2. The minimum Gasteiger partial charge on any atom is -0.352 e. The van der Waals surface area contributed by atoms with Gasteiger partial charge < -0.3 is 10.3 Å². The maximum Gasteiger partial charge on any atom is 0.0345 e. The Morgan fingerprint density at radius 2 is 2.05 bits per heavy atom. The maximum absolute atomic E-state index is 6.32. The lowest BCUT2D eigenvalue weighted by atomic mass is 10.1. The molecule has 0 fully saturated rings. The average Bonchev–Trinajstić information content (AvgIpc) is 3.02. The van der Waals surface area contributed by atoms with Gasteiger partial charge in [-0.25, -0.2) is 0 Å². The molecule has 2 heterocycles. The third-order valence-corrected chi connectivity index (χ3v) is 6.04. The van der Waals surface area contributed by atoms with Crippen molar-refractivity contribution >= 4 is 11.8 Å². The first-order chi connectivity index (χ1) is 10.3. The molecule has 1 aromatic carbocycles. The molecule has 110 valence electrons. The van der Waals surface area contributed by atoms with Crippen LogP contribution >= 0.6 is 11.8 Å². The highest BCUT2D eigenvalue weighted by Gasteiger charge is 2.23. The summed E-state index contributed by atoms with van der Waals surface area (Å²) in [5.74, 6) is 0. The smallest absolute Gasteiger partial charge is 0.0345 e. The van der Waals surface area contributed by atoms with Gasteiger partial charge >= 0.3 is 0 Å². The molecular formula is C18H22N2S. The molecule has 21 heavy (non-hydrogen) atoms. The molecule has 0 saturated heterocycles. The number of benzene rings is 1. The minimum absolute atomic E-state index is 0.247. The van der Waals surface area contributed by atoms with Crippen LogP contribution in [0.2, 0.25) is 0 Å². The summed E-state index contributed by atoms with van der Waals surface area (Å²) in [4.78, 5) is 1.47. The van der Waals surface area contributed by atoms with Gasteiger partial charge in [-0.2, -0.15) is 0 Å². The highest BCUT2D eigenvalue weighted by atomic mass is 32.2. The summed E-state index contributed by atoms with van der Waals surface area (Å²) in [6.07, 6.45) is 10.8. The molecule has 4 rings (SSSR count). The fraction of sp³-hybridized carbons (Fsp3) is 0.444. The molecule has 1 aromatic heterocycles. The molecule has 2 atom stereocenters. The van der Waals surface area contributed by atoms with Crippen molar-refractivity contribution in [3.05, 3.63) is 53.3 Å². The van der Waals surface area contributed by atoms with E-state index >= 15 is 0 Å². The number of nitrogens with two attached hydrogens (primary N) is 1. The van der Waals surface area contributed by atoms with Crippen molar-refractivity contribution in [2.24, 2.45) is 5.73 Å². The SMILES string of the molecule is NC1CCCCc2cn(CC3Cc4ccccc4S3)cc21. The van der Waals surface area contributed by atoms with E-state index < -0.39 is 0 Å². The minimum atomic E-state index is 0.247. The number of aromatic nitrogens is 1. The van der Waals surface area contributed by atoms with Gasteiger partial charge in [0.25, 0.3) is 0 Å². The highest BCUT2D eigenvalue weighted by Crippen LogP contribution is 2.38. The van der Waals surface area contributed by atoms with Crippen LogP contribution in [0.15, 0.2) is 41.6 Å². The quantitative estimate of drug-likeness (QED) is 0.852. The molecule has 2 aliphatic rings. The molecule has 0 bridgehead atoms. The number of hydrogen-bond acceptors (Lipinski definition) is 2. The van der Waals surface area contributed by atoms with E-state index in [9.17, 15) is 0 Å². The fourth-order valence-electron chi connectivity index (χ4n) is 3.65. The van der Waals surface area contributed by atoms with Crippen LogP contribution in [0.4, 0.5) is 0 Å². The monoisotopic (exact) mass is 298 g/mol. The summed E-state index contributed by atoms with van der Waals surface area (Å²) < 4.78 is 2.39. The van der Waals surface area contributed by atoms with Gasteiger partial charge in [-0.1, -0.05) is 24.6 Å². The molecule has 0 spiro atoms. The van der Waals surface area contributed by atoms with Gasteiger partial charge in [0.1, 0.15) is 0 Å². The second kappa shape index (κ2) is 5.54. The lowest BCUT2D eigenvalue weighted by Crippen LogP contribution is -2.12. The Labute approximate surface area is 130 Å². The van der Waals surface area contributed by atoms with E-state index in [1.807, 2.05) is 11.8 Å². The van der Waals surface area contributed by atoms with E-state index in [1.165, 1.54) is 47.3 Å². The Kier molecular flexibility index (Phi) is 3.56. The molecule has 2 nitrogen and oxygen atoms in total. The second-order valence-corrected chi connectivity index (χ2v) is 7.68. The summed E-state index contributed by atoms with van der Waals surface area (Å²) in [6.45, 7) is 1.10. The Hall–Kier alpha value is -1.19. The molecule has 1 aliphatic heterocycles. The topological polar surface area (TPSA) is 30.9 Å². The number of fused-ring (bicyclic) bond motifs is 2. The Morgan fingerprint density at radius 3 is 2.95 bits per heavy atom. The number of hydrogen-bond donors (Lipinski definition) is 1. The average molecular weight is 298 g/mol. The standard InChI is InChI=1S/C18H22N2S/c19-17-7-3-1-6-14-10-20(12-16(14)17)11-15-9-13-5-2-4-8-18(13)21-15/h2,4-5,8,10,12,15,17H,1,3,6-7,9,11,19H2. The molecule has 1 aliphatic carbocycles. The number of nitrogens with zero attached hydrogens (tertiary/aromatic N) is 1. The largest absolute Gasteiger partial charge is 0.352 e. The number of thioether (sulfide) groups is 1. The highest BCUT2D eigenvalue weighted by molar-refractivity contribution is 8.00. The predicted octanol–water partition coefficient (Wildman–Crippen LogP) is 3.93. The third kappa shape index (κ3) is 2.65. The van der Waals surface area contributed by atoms with Crippen molar-refractivity contribution in [3.8, 4) is 0 Å². The summed E-state index contributed by atoms with van der Waals surface area (Å²) >= 11 is 2.03. The van der Waals surface area contributed by atoms with Crippen molar-refractivity contribution in [2.75, 3.05) is 0 Å². The van der Waals surface area contributed by atoms with Crippen LogP contribution in [0.25, 0.3) is 0 Å². The van der Waals surface area contributed by atoms with Crippen molar-refractivity contribution in [1.82, 2.24) is 4.57 Å². The van der Waals surface area contributed by atoms with Gasteiger partial charge in [-0.05, 0) is 48.4 Å². The maximum atomic E-state index is 6.32. The Morgan fingerprint density at radius 1 is 1.14 bits per heavy atom. The molecule has 2 aromatic rings. The lowest BCUT2D eigenvalue weighted by Gasteiger charge is -2.10. The van der Waals surface area contributed by atoms with Crippen molar-refractivity contribution in [2.45, 2.75) is 54.8 Å². The molecule has 2 N–H and O–H groups in total.